The van der Waals surface area contributed by atoms with E-state index in [0.717, 1.165) is 58.0 Å². The zero-order chi connectivity index (χ0) is 21.4. The van der Waals surface area contributed by atoms with E-state index in [2.05, 4.69) is 19.9 Å². The second kappa shape index (κ2) is 8.40. The van der Waals surface area contributed by atoms with Crippen molar-refractivity contribution in [3.8, 4) is 11.5 Å². The van der Waals surface area contributed by atoms with Gasteiger partial charge in [0, 0.05) is 29.2 Å². The van der Waals surface area contributed by atoms with Crippen LogP contribution in [0.5, 0.6) is 0 Å². The van der Waals surface area contributed by atoms with Crippen LogP contribution in [0.1, 0.15) is 46.3 Å². The number of carbonyl (C=O) groups excluding carboxylic acids is 1. The molecular weight excluding hydrogens is 430 g/mol. The van der Waals surface area contributed by atoms with Crippen molar-refractivity contribution in [3.63, 3.8) is 0 Å². The number of carbonyl (C=O) groups is 1. The second-order valence-electron chi connectivity index (χ2n) is 7.92. The first-order valence-corrected chi connectivity index (χ1v) is 11.6. The van der Waals surface area contributed by atoms with Crippen molar-refractivity contribution in [2.24, 2.45) is 0 Å². The molecule has 1 N–H and O–H groups in total. The number of imidazole rings is 1. The molecule has 0 aliphatic heterocycles. The minimum absolute atomic E-state index is 0.0117. The summed E-state index contributed by atoms with van der Waals surface area (Å²) < 4.78 is 2.23. The van der Waals surface area contributed by atoms with E-state index in [4.69, 9.17) is 16.6 Å². The van der Waals surface area contributed by atoms with Crippen LogP contribution in [0.25, 0.3) is 22.6 Å². The van der Waals surface area contributed by atoms with Gasteiger partial charge in [-0.3, -0.25) is 9.78 Å². The number of hydrogen-bond acceptors (Lipinski definition) is 5. The van der Waals surface area contributed by atoms with E-state index in [-0.39, 0.29) is 18.0 Å². The molecule has 4 aromatic rings. The molecule has 1 aliphatic rings. The first-order valence-electron chi connectivity index (χ1n) is 10.4. The number of amides is 1. The molecule has 0 radical (unpaired) electrons. The third-order valence-corrected chi connectivity index (χ3v) is 6.95. The third kappa shape index (κ3) is 4.07. The van der Waals surface area contributed by atoms with E-state index in [1.165, 1.54) is 11.3 Å². The Kier molecular flexibility index (Phi) is 5.46. The summed E-state index contributed by atoms with van der Waals surface area (Å²) in [6, 6.07) is 11.8. The molecule has 5 rings (SSSR count). The van der Waals surface area contributed by atoms with Gasteiger partial charge in [0.1, 0.15) is 10.8 Å². The Labute approximate surface area is 189 Å². The largest absolute Gasteiger partial charge is 0.349 e. The van der Waals surface area contributed by atoms with Crippen LogP contribution in [0.4, 0.5) is 0 Å². The van der Waals surface area contributed by atoms with Crippen LogP contribution in [0.2, 0.25) is 5.15 Å². The van der Waals surface area contributed by atoms with Crippen LogP contribution in [0, 0.1) is 6.92 Å². The Morgan fingerprint density at radius 1 is 1.23 bits per heavy atom. The fraction of sp³-hybridized carbons (Fsp3) is 0.304. The van der Waals surface area contributed by atoms with Crippen molar-refractivity contribution < 1.29 is 4.79 Å². The molecule has 1 fully saturated rings. The monoisotopic (exact) mass is 451 g/mol. The fourth-order valence-electron chi connectivity index (χ4n) is 4.36. The molecule has 0 aromatic carbocycles. The van der Waals surface area contributed by atoms with Crippen molar-refractivity contribution in [1.82, 2.24) is 24.8 Å². The lowest BCUT2D eigenvalue weighted by Crippen LogP contribution is -2.38. The van der Waals surface area contributed by atoms with Crippen LogP contribution < -0.4 is 5.32 Å². The molecule has 4 heterocycles. The summed E-state index contributed by atoms with van der Waals surface area (Å²) >= 11 is 7.66. The van der Waals surface area contributed by atoms with Crippen LogP contribution >= 0.6 is 22.9 Å². The average Bonchev–Trinajstić information content (AvgIpc) is 3.38. The third-order valence-electron chi connectivity index (χ3n) is 5.75. The molecule has 8 heteroatoms. The summed E-state index contributed by atoms with van der Waals surface area (Å²) in [5.41, 5.74) is 2.56. The fourth-order valence-corrected chi connectivity index (χ4v) is 5.28. The molecule has 1 amide bonds. The van der Waals surface area contributed by atoms with E-state index in [1.54, 1.807) is 18.5 Å². The molecular formula is C23H22ClN5OS. The lowest BCUT2D eigenvalue weighted by molar-refractivity contribution is 0.0925. The van der Waals surface area contributed by atoms with E-state index < -0.39 is 0 Å². The van der Waals surface area contributed by atoms with Gasteiger partial charge in [-0.15, -0.1) is 11.3 Å². The molecule has 2 atom stereocenters. The van der Waals surface area contributed by atoms with E-state index in [0.29, 0.717) is 5.15 Å². The number of thiophene rings is 1. The predicted molar refractivity (Wildman–Crippen MR) is 124 cm³/mol. The normalized spacial score (nSPS) is 18.9. The number of hydrogen-bond donors (Lipinski definition) is 1. The molecule has 31 heavy (non-hydrogen) atoms. The number of rotatable bonds is 4. The first-order chi connectivity index (χ1) is 15.1. The van der Waals surface area contributed by atoms with Gasteiger partial charge in [-0.25, -0.2) is 9.97 Å². The Balaban J connectivity index is 1.47. The zero-order valence-electron chi connectivity index (χ0n) is 17.1. The molecule has 1 saturated carbocycles. The van der Waals surface area contributed by atoms with E-state index in [1.807, 2.05) is 37.3 Å². The number of nitrogens with one attached hydrogen (secondary N) is 1. The molecule has 0 spiro atoms. The second-order valence-corrected chi connectivity index (χ2v) is 9.59. The molecule has 6 nitrogen and oxygen atoms in total. The highest BCUT2D eigenvalue weighted by atomic mass is 35.5. The lowest BCUT2D eigenvalue weighted by Gasteiger charge is -2.31. The van der Waals surface area contributed by atoms with Gasteiger partial charge in [-0.05, 0) is 56.9 Å². The SMILES string of the molecule is Cc1ccc(C(=O)N[C@@H]2CCC[C@H](n3c(-c4ccccn4)nc4cc(Cl)ncc43)C2)s1. The Morgan fingerprint density at radius 2 is 2.13 bits per heavy atom. The van der Waals surface area contributed by atoms with Crippen molar-refractivity contribution in [2.45, 2.75) is 44.7 Å². The highest BCUT2D eigenvalue weighted by Crippen LogP contribution is 2.36. The first kappa shape index (κ1) is 20.2. The summed E-state index contributed by atoms with van der Waals surface area (Å²) in [5.74, 6) is 0.822. The maximum absolute atomic E-state index is 12.7. The number of nitrogens with zero attached hydrogens (tertiary/aromatic N) is 4. The number of fused-ring (bicyclic) bond motifs is 1. The van der Waals surface area contributed by atoms with Gasteiger partial charge in [0.05, 0.1) is 22.1 Å². The molecule has 158 valence electrons. The van der Waals surface area contributed by atoms with Crippen molar-refractivity contribution >= 4 is 39.9 Å². The van der Waals surface area contributed by atoms with E-state index in [9.17, 15) is 4.79 Å². The highest BCUT2D eigenvalue weighted by molar-refractivity contribution is 7.13. The van der Waals surface area contributed by atoms with Crippen molar-refractivity contribution in [1.29, 1.82) is 0 Å². The van der Waals surface area contributed by atoms with E-state index >= 15 is 0 Å². The molecule has 0 saturated heterocycles. The quantitative estimate of drug-likeness (QED) is 0.420. The number of halogens is 1. The van der Waals surface area contributed by atoms with Gasteiger partial charge < -0.3 is 9.88 Å². The molecule has 1 aliphatic carbocycles. The van der Waals surface area contributed by atoms with Crippen LogP contribution in [-0.4, -0.2) is 31.5 Å². The number of aromatic nitrogens is 4. The predicted octanol–water partition coefficient (Wildman–Crippen LogP) is 5.43. The summed E-state index contributed by atoms with van der Waals surface area (Å²) in [5, 5.41) is 3.66. The van der Waals surface area contributed by atoms with Gasteiger partial charge >= 0.3 is 0 Å². The Morgan fingerprint density at radius 3 is 2.90 bits per heavy atom. The summed E-state index contributed by atoms with van der Waals surface area (Å²) in [6.07, 6.45) is 7.41. The number of aryl methyl sites for hydroxylation is 1. The van der Waals surface area contributed by atoms with Crippen LogP contribution in [-0.2, 0) is 0 Å². The highest BCUT2D eigenvalue weighted by Gasteiger charge is 2.29. The molecule has 0 bridgehead atoms. The summed E-state index contributed by atoms with van der Waals surface area (Å²) in [7, 11) is 0. The van der Waals surface area contributed by atoms with Gasteiger partial charge in [0.15, 0.2) is 5.82 Å². The maximum Gasteiger partial charge on any atom is 0.261 e. The smallest absolute Gasteiger partial charge is 0.261 e. The summed E-state index contributed by atoms with van der Waals surface area (Å²) in [6.45, 7) is 2.02. The van der Waals surface area contributed by atoms with Gasteiger partial charge in [0.2, 0.25) is 0 Å². The Bertz CT molecular complexity index is 1240. The summed E-state index contributed by atoms with van der Waals surface area (Å²) in [4.78, 5) is 28.3. The van der Waals surface area contributed by atoms with Gasteiger partial charge in [-0.1, -0.05) is 17.7 Å². The lowest BCUT2D eigenvalue weighted by atomic mass is 9.90. The standard InChI is InChI=1S/C23H22ClN5OS/c1-14-8-9-20(31-14)23(30)27-15-5-4-6-16(11-15)29-19-13-26-21(24)12-18(19)28-22(29)17-7-2-3-10-25-17/h2-3,7-10,12-13,15-16H,4-6,11H2,1H3,(H,27,30)/t15-,16+/m1/s1. The van der Waals surface area contributed by atoms with Crippen molar-refractivity contribution in [2.75, 3.05) is 0 Å². The average molecular weight is 452 g/mol. The Hall–Kier alpha value is -2.77. The zero-order valence-corrected chi connectivity index (χ0v) is 18.7. The topological polar surface area (TPSA) is 72.7 Å². The van der Waals surface area contributed by atoms with Gasteiger partial charge in [0.25, 0.3) is 5.91 Å². The van der Waals surface area contributed by atoms with Crippen LogP contribution in [0.15, 0.2) is 48.8 Å². The van der Waals surface area contributed by atoms with Crippen molar-refractivity contribution in [3.05, 3.63) is 63.7 Å². The maximum atomic E-state index is 12.7. The van der Waals surface area contributed by atoms with Crippen LogP contribution in [0.3, 0.4) is 0 Å². The molecule has 0 unspecified atom stereocenters. The minimum Gasteiger partial charge on any atom is -0.349 e. The molecule has 4 aromatic heterocycles. The number of pyridine rings is 2. The minimum atomic E-state index is 0.0117. The van der Waals surface area contributed by atoms with Gasteiger partial charge in [-0.2, -0.15) is 0 Å².